The van der Waals surface area contributed by atoms with Gasteiger partial charge in [0.1, 0.15) is 5.75 Å². The average Bonchev–Trinajstić information content (AvgIpc) is 3.37. The van der Waals surface area contributed by atoms with Crippen LogP contribution >= 0.6 is 11.6 Å². The molecular weight excluding hydrogens is 332 g/mol. The van der Waals surface area contributed by atoms with Crippen LogP contribution in [0.15, 0.2) is 40.7 Å². The molecule has 0 radical (unpaired) electrons. The summed E-state index contributed by atoms with van der Waals surface area (Å²) in [6.45, 7) is 12.7. The molecule has 1 saturated carbocycles. The predicted octanol–water partition coefficient (Wildman–Crippen LogP) is 6.29. The smallest absolute Gasteiger partial charge is 0.195 e. The maximum atomic E-state index is 6.47. The zero-order valence-electron chi connectivity index (χ0n) is 16.1. The lowest BCUT2D eigenvalue weighted by atomic mass is 10.1. The standard InChI is InChI=1S/C21H29ClN2O/c1-7-19(23-8-2)18-13-17(22)11-12-20(18)25-21(16-9-10-16)24(14(3)4)15(5)6/h7-8,11-15H,9-10H2,1-6H3/b19-7-,23-8?. The first kappa shape index (κ1) is 19.6. The lowest BCUT2D eigenvalue weighted by Crippen LogP contribution is -2.38. The number of ether oxygens (including phenoxy) is 1. The molecule has 1 aliphatic rings. The van der Waals surface area contributed by atoms with E-state index in [1.165, 1.54) is 5.57 Å². The van der Waals surface area contributed by atoms with Crippen LogP contribution in [0.25, 0.3) is 5.70 Å². The van der Waals surface area contributed by atoms with E-state index >= 15 is 0 Å². The van der Waals surface area contributed by atoms with E-state index in [9.17, 15) is 0 Å². The molecule has 0 spiro atoms. The van der Waals surface area contributed by atoms with Gasteiger partial charge < -0.3 is 9.64 Å². The Bertz CT molecular complexity index is 688. The van der Waals surface area contributed by atoms with Gasteiger partial charge in [-0.3, -0.25) is 4.99 Å². The van der Waals surface area contributed by atoms with Crippen molar-refractivity contribution >= 4 is 23.5 Å². The molecule has 0 N–H and O–H groups in total. The Hall–Kier alpha value is -1.74. The topological polar surface area (TPSA) is 24.8 Å². The highest BCUT2D eigenvalue weighted by molar-refractivity contribution is 6.30. The number of nitrogens with zero attached hydrogens (tertiary/aromatic N) is 2. The molecule has 0 aliphatic heterocycles. The van der Waals surface area contributed by atoms with Crippen LogP contribution in [-0.2, 0) is 0 Å². The fraction of sp³-hybridized carbons (Fsp3) is 0.476. The van der Waals surface area contributed by atoms with Gasteiger partial charge >= 0.3 is 0 Å². The van der Waals surface area contributed by atoms with E-state index in [1.807, 2.05) is 38.1 Å². The molecule has 0 unspecified atom stereocenters. The fourth-order valence-electron chi connectivity index (χ4n) is 2.98. The minimum absolute atomic E-state index is 0.369. The molecule has 0 heterocycles. The van der Waals surface area contributed by atoms with Crippen LogP contribution in [-0.4, -0.2) is 23.2 Å². The van der Waals surface area contributed by atoms with Gasteiger partial charge in [-0.15, -0.1) is 0 Å². The van der Waals surface area contributed by atoms with Crippen molar-refractivity contribution in [1.82, 2.24) is 4.90 Å². The number of rotatable bonds is 7. The Morgan fingerprint density at radius 1 is 1.16 bits per heavy atom. The van der Waals surface area contributed by atoms with E-state index in [0.29, 0.717) is 17.1 Å². The summed E-state index contributed by atoms with van der Waals surface area (Å²) in [4.78, 5) is 6.81. The van der Waals surface area contributed by atoms with Crippen LogP contribution in [0.5, 0.6) is 5.75 Å². The summed E-state index contributed by atoms with van der Waals surface area (Å²) in [5.74, 6) is 1.79. The third-order valence-corrected chi connectivity index (χ3v) is 4.35. The van der Waals surface area contributed by atoms with E-state index in [4.69, 9.17) is 16.3 Å². The van der Waals surface area contributed by atoms with E-state index in [0.717, 1.165) is 35.7 Å². The highest BCUT2D eigenvalue weighted by Crippen LogP contribution is 2.38. The third-order valence-electron chi connectivity index (χ3n) is 4.12. The molecule has 1 aliphatic carbocycles. The summed E-state index contributed by atoms with van der Waals surface area (Å²) >= 11 is 6.24. The van der Waals surface area contributed by atoms with Crippen molar-refractivity contribution in [1.29, 1.82) is 0 Å². The first-order valence-corrected chi connectivity index (χ1v) is 9.39. The van der Waals surface area contributed by atoms with Gasteiger partial charge in [-0.1, -0.05) is 17.7 Å². The molecule has 0 saturated heterocycles. The molecule has 1 aromatic rings. The molecule has 2 rings (SSSR count). The average molecular weight is 361 g/mol. The van der Waals surface area contributed by atoms with Crippen molar-refractivity contribution in [2.45, 2.75) is 66.5 Å². The summed E-state index contributed by atoms with van der Waals surface area (Å²) in [5, 5.41) is 0.679. The number of aliphatic imine (C=N–C) groups is 1. The van der Waals surface area contributed by atoms with Crippen LogP contribution in [0.1, 0.15) is 59.9 Å². The molecule has 3 nitrogen and oxygen atoms in total. The maximum Gasteiger partial charge on any atom is 0.195 e. The Balaban J connectivity index is 2.47. The first-order valence-electron chi connectivity index (χ1n) is 9.02. The van der Waals surface area contributed by atoms with E-state index in [1.54, 1.807) is 6.21 Å². The molecule has 0 aromatic heterocycles. The Labute approximate surface area is 157 Å². The van der Waals surface area contributed by atoms with Gasteiger partial charge in [0.25, 0.3) is 0 Å². The van der Waals surface area contributed by atoms with Crippen molar-refractivity contribution in [3.05, 3.63) is 46.3 Å². The summed E-state index contributed by atoms with van der Waals surface area (Å²) in [6, 6.07) is 6.47. The summed E-state index contributed by atoms with van der Waals surface area (Å²) in [7, 11) is 0. The second-order valence-electron chi connectivity index (χ2n) is 6.81. The van der Waals surface area contributed by atoms with E-state index in [-0.39, 0.29) is 0 Å². The van der Waals surface area contributed by atoms with E-state index in [2.05, 4.69) is 37.6 Å². The highest BCUT2D eigenvalue weighted by atomic mass is 35.5. The monoisotopic (exact) mass is 360 g/mol. The number of allylic oxidation sites excluding steroid dienone is 2. The maximum absolute atomic E-state index is 6.47. The highest BCUT2D eigenvalue weighted by Gasteiger charge is 2.28. The third kappa shape index (κ3) is 4.88. The van der Waals surface area contributed by atoms with Crippen molar-refractivity contribution < 1.29 is 4.74 Å². The van der Waals surface area contributed by atoms with Gasteiger partial charge in [0.15, 0.2) is 5.88 Å². The number of hydrogen-bond acceptors (Lipinski definition) is 3. The molecule has 25 heavy (non-hydrogen) atoms. The fourth-order valence-corrected chi connectivity index (χ4v) is 3.16. The minimum Gasteiger partial charge on any atom is -0.441 e. The molecule has 136 valence electrons. The van der Waals surface area contributed by atoms with Crippen LogP contribution in [0.3, 0.4) is 0 Å². The molecular formula is C21H29ClN2O. The number of hydrogen-bond donors (Lipinski definition) is 0. The van der Waals surface area contributed by atoms with Crippen molar-refractivity contribution in [3.8, 4) is 5.75 Å². The number of halogens is 1. The largest absolute Gasteiger partial charge is 0.441 e. The quantitative estimate of drug-likeness (QED) is 0.421. The van der Waals surface area contributed by atoms with Crippen molar-refractivity contribution in [3.63, 3.8) is 0 Å². The normalized spacial score (nSPS) is 14.6. The zero-order valence-corrected chi connectivity index (χ0v) is 16.9. The van der Waals surface area contributed by atoms with Gasteiger partial charge in [0, 0.05) is 28.9 Å². The van der Waals surface area contributed by atoms with Crippen molar-refractivity contribution in [2.24, 2.45) is 4.99 Å². The molecule has 1 fully saturated rings. The van der Waals surface area contributed by atoms with Crippen molar-refractivity contribution in [2.75, 3.05) is 0 Å². The summed E-state index contributed by atoms with van der Waals surface area (Å²) in [5.41, 5.74) is 3.16. The lowest BCUT2D eigenvalue weighted by Gasteiger charge is -2.34. The minimum atomic E-state index is 0.369. The van der Waals surface area contributed by atoms with Crippen LogP contribution < -0.4 is 4.74 Å². The SMILES string of the molecule is CC=N/C(=C\C)c1cc(Cl)ccc1OC(=C1CC1)N(C(C)C)C(C)C. The first-order chi connectivity index (χ1) is 11.9. The molecule has 0 bridgehead atoms. The van der Waals surface area contributed by atoms with Gasteiger partial charge in [-0.25, -0.2) is 0 Å². The van der Waals surface area contributed by atoms with Gasteiger partial charge in [0.05, 0.1) is 5.70 Å². The van der Waals surface area contributed by atoms with E-state index < -0.39 is 0 Å². The van der Waals surface area contributed by atoms with Crippen LogP contribution in [0, 0.1) is 0 Å². The number of benzene rings is 1. The van der Waals surface area contributed by atoms with Gasteiger partial charge in [-0.05, 0) is 78.2 Å². The van der Waals surface area contributed by atoms with Gasteiger partial charge in [-0.2, -0.15) is 0 Å². The lowest BCUT2D eigenvalue weighted by molar-refractivity contribution is 0.144. The second-order valence-corrected chi connectivity index (χ2v) is 7.24. The molecule has 4 heteroatoms. The predicted molar refractivity (Wildman–Crippen MR) is 108 cm³/mol. The Kier molecular flexibility index (Phi) is 6.71. The molecule has 0 amide bonds. The van der Waals surface area contributed by atoms with Crippen LogP contribution in [0.2, 0.25) is 5.02 Å². The van der Waals surface area contributed by atoms with Gasteiger partial charge in [0.2, 0.25) is 0 Å². The Morgan fingerprint density at radius 3 is 2.28 bits per heavy atom. The molecule has 0 atom stereocenters. The summed E-state index contributed by atoms with van der Waals surface area (Å²) in [6.07, 6.45) is 5.98. The molecule has 1 aromatic carbocycles. The zero-order chi connectivity index (χ0) is 18.6. The van der Waals surface area contributed by atoms with Crippen LogP contribution in [0.4, 0.5) is 0 Å². The summed E-state index contributed by atoms with van der Waals surface area (Å²) < 4.78 is 6.47. The Morgan fingerprint density at radius 2 is 1.80 bits per heavy atom. The second kappa shape index (κ2) is 8.57.